The number of esters is 2. The molecule has 34 heavy (non-hydrogen) atoms. The standard InChI is InChI=1S/C10H15NO2S2.C7H11NO2.CH3I.CS2.3HI.V/c1-10(2,3)13-8(12)7(6-11)9(14-4)15-5;1-7(2,3)10-6(9)4-5-8;1-2;2-1-3;;;;/h1-5H3;4H2,1-3H3;1H3;;3*1H;/q;;;;;;;+3/p-3. The number of nitriles is 2. The van der Waals surface area contributed by atoms with Gasteiger partial charge in [-0.2, -0.15) is 10.5 Å². The van der Waals surface area contributed by atoms with E-state index in [-0.39, 0.29) is 16.9 Å². The SMILES string of the molecule is CC(C)(C)OC(=O)CC#N.CI.CSC(SC)=C(C#N)C(=O)OC(C)(C)C.S=C=S.[I][V]([I])[I]. The average Bonchev–Trinajstić information content (AvgIpc) is 2.65. The van der Waals surface area contributed by atoms with Gasteiger partial charge in [0, 0.05) is 4.31 Å². The summed E-state index contributed by atoms with van der Waals surface area (Å²) in [6.45, 7) is 10.6. The molecule has 0 aromatic heterocycles. The first-order valence-electron chi connectivity index (χ1n) is 8.65. The van der Waals surface area contributed by atoms with Crippen molar-refractivity contribution in [2.75, 3.05) is 17.4 Å². The molecule has 0 bridgehead atoms. The summed E-state index contributed by atoms with van der Waals surface area (Å²) < 4.78 is 12.5. The van der Waals surface area contributed by atoms with Crippen molar-refractivity contribution < 1.29 is 24.0 Å². The van der Waals surface area contributed by atoms with Gasteiger partial charge in [0.25, 0.3) is 0 Å². The molecule has 0 aliphatic carbocycles. The Balaban J connectivity index is -0.000000126. The van der Waals surface area contributed by atoms with Crippen LogP contribution in [-0.2, 0) is 24.0 Å². The van der Waals surface area contributed by atoms with Crippen LogP contribution in [-0.4, -0.2) is 44.9 Å². The Kier molecular flexibility index (Phi) is 40.1. The first-order chi connectivity index (χ1) is 15.5. The summed E-state index contributed by atoms with van der Waals surface area (Å²) in [4.78, 5) is 23.9. The van der Waals surface area contributed by atoms with Crippen LogP contribution in [0.2, 0.25) is 0 Å². The average molecular weight is 1040 g/mol. The predicted octanol–water partition coefficient (Wildman–Crippen LogP) is 8.75. The number of ether oxygens (including phenoxy) is 2. The number of hydrogen-bond acceptors (Lipinski definition) is 10. The van der Waals surface area contributed by atoms with Crippen molar-refractivity contribution in [3.8, 4) is 12.1 Å². The van der Waals surface area contributed by atoms with Gasteiger partial charge in [0.1, 0.15) is 23.7 Å². The number of thiocarbonyl (C=S) groups is 2. The van der Waals surface area contributed by atoms with Crippen LogP contribution < -0.4 is 0 Å². The van der Waals surface area contributed by atoms with Gasteiger partial charge in [-0.25, -0.2) is 4.79 Å². The molecule has 0 aliphatic rings. The van der Waals surface area contributed by atoms with E-state index in [2.05, 4.69) is 107 Å². The molecule has 0 atom stereocenters. The van der Waals surface area contributed by atoms with Crippen molar-refractivity contribution in [3.63, 3.8) is 0 Å². The number of carbonyl (C=O) groups is 2. The van der Waals surface area contributed by atoms with E-state index in [1.54, 1.807) is 47.6 Å². The monoisotopic (exact) mass is 1040 g/mol. The molecule has 0 heterocycles. The fourth-order valence-corrected chi connectivity index (χ4v) is 2.57. The van der Waals surface area contributed by atoms with Crippen LogP contribution in [0, 0.1) is 22.7 Å². The minimum absolute atomic E-state index is 0.0879. The molecule has 0 spiro atoms. The normalized spacial score (nSPS) is 9.06. The summed E-state index contributed by atoms with van der Waals surface area (Å²) in [7, 11) is 0. The Morgan fingerprint density at radius 2 is 1.24 bits per heavy atom. The van der Waals surface area contributed by atoms with Crippen molar-refractivity contribution in [1.29, 1.82) is 10.5 Å². The van der Waals surface area contributed by atoms with Gasteiger partial charge in [0.2, 0.25) is 0 Å². The maximum atomic E-state index is 11.6. The molecular formula is C19H29I4N2O4S4V. The second-order valence-corrected chi connectivity index (χ2v) is 44.8. The molecule has 0 saturated heterocycles. The van der Waals surface area contributed by atoms with Crippen LogP contribution in [0.15, 0.2) is 9.81 Å². The van der Waals surface area contributed by atoms with Crippen molar-refractivity contribution >= 4 is 147 Å². The van der Waals surface area contributed by atoms with Gasteiger partial charge in [0.05, 0.1) is 10.3 Å². The molecule has 0 aromatic carbocycles. The molecule has 0 aromatic rings. The van der Waals surface area contributed by atoms with E-state index < -0.39 is 23.1 Å². The molecule has 0 rings (SSSR count). The zero-order valence-electron chi connectivity index (χ0n) is 20.3. The van der Waals surface area contributed by atoms with Gasteiger partial charge < -0.3 is 9.47 Å². The van der Waals surface area contributed by atoms with E-state index in [1.807, 2.05) is 27.8 Å². The van der Waals surface area contributed by atoms with Gasteiger partial charge in [0.15, 0.2) is 5.57 Å². The number of alkyl halides is 1. The van der Waals surface area contributed by atoms with Gasteiger partial charge in [-0.05, 0) is 83.4 Å². The van der Waals surface area contributed by atoms with E-state index in [1.165, 1.54) is 23.5 Å². The number of carbonyl (C=O) groups excluding carboxylic acids is 2. The van der Waals surface area contributed by atoms with Crippen LogP contribution in [0.25, 0.3) is 0 Å². The molecule has 0 fully saturated rings. The number of thioether (sulfide) groups is 2. The van der Waals surface area contributed by atoms with E-state index in [0.717, 1.165) is 0 Å². The molecule has 0 saturated carbocycles. The van der Waals surface area contributed by atoms with E-state index >= 15 is 0 Å². The van der Waals surface area contributed by atoms with Crippen molar-refractivity contribution in [3.05, 3.63) is 9.81 Å². The van der Waals surface area contributed by atoms with Gasteiger partial charge >= 0.3 is 76.8 Å². The van der Waals surface area contributed by atoms with Crippen molar-refractivity contribution in [2.24, 2.45) is 0 Å². The molecule has 0 amide bonds. The topological polar surface area (TPSA) is 100 Å². The Bertz CT molecular complexity index is 715. The third-order valence-electron chi connectivity index (χ3n) is 1.93. The number of rotatable bonds is 4. The van der Waals surface area contributed by atoms with Crippen molar-refractivity contribution in [2.45, 2.75) is 59.2 Å². The van der Waals surface area contributed by atoms with Gasteiger partial charge in [-0.15, -0.1) is 23.5 Å². The first-order valence-corrected chi connectivity index (χ1v) is 27.6. The molecule has 196 valence electrons. The Labute approximate surface area is 275 Å². The second-order valence-electron chi connectivity index (χ2n) is 6.88. The molecular weight excluding hydrogens is 1010 g/mol. The second kappa shape index (κ2) is 29.6. The van der Waals surface area contributed by atoms with Crippen LogP contribution in [0.3, 0.4) is 0 Å². The van der Waals surface area contributed by atoms with E-state index in [0.29, 0.717) is 4.24 Å². The molecule has 0 radical (unpaired) electrons. The molecule has 6 nitrogen and oxygen atoms in total. The van der Waals surface area contributed by atoms with Crippen LogP contribution in [0.1, 0.15) is 48.0 Å². The molecule has 0 aliphatic heterocycles. The van der Waals surface area contributed by atoms with E-state index in [9.17, 15) is 9.59 Å². The quantitative estimate of drug-likeness (QED) is 0.0679. The number of halogens is 4. The molecule has 0 N–H and O–H groups in total. The third-order valence-corrected chi connectivity index (χ3v) is 4.08. The summed E-state index contributed by atoms with van der Waals surface area (Å²) >= 11 is 20.2. The molecule has 15 heteroatoms. The zero-order chi connectivity index (χ0) is 28.5. The van der Waals surface area contributed by atoms with Crippen molar-refractivity contribution in [1.82, 2.24) is 0 Å². The fraction of sp³-hybridized carbons (Fsp3) is 0.632. The molecule has 0 unspecified atom stereocenters. The summed E-state index contributed by atoms with van der Waals surface area (Å²) in [5.41, 5.74) is -0.959. The summed E-state index contributed by atoms with van der Waals surface area (Å²) in [6.07, 6.45) is 3.48. The Hall–Kier alpha value is 2.08. The van der Waals surface area contributed by atoms with Gasteiger partial charge in [-0.3, -0.25) is 4.79 Å². The zero-order valence-corrected chi connectivity index (χ0v) is 33.6. The summed E-state index contributed by atoms with van der Waals surface area (Å²) in [5, 5.41) is 17.0. The van der Waals surface area contributed by atoms with Gasteiger partial charge in [-0.1, -0.05) is 22.6 Å². The predicted molar refractivity (Wildman–Crippen MR) is 184 cm³/mol. The summed E-state index contributed by atoms with van der Waals surface area (Å²) in [5.74, 6) is -1.02. The minimum atomic E-state index is -0.568. The summed E-state index contributed by atoms with van der Waals surface area (Å²) in [6, 6.07) is 3.61. The van der Waals surface area contributed by atoms with Crippen LogP contribution in [0.5, 0.6) is 0 Å². The van der Waals surface area contributed by atoms with Crippen LogP contribution >= 0.6 is 130 Å². The maximum absolute atomic E-state index is 11.6. The Morgan fingerprint density at radius 3 is 1.44 bits per heavy atom. The third kappa shape index (κ3) is 44.1. The fourth-order valence-electron chi connectivity index (χ4n) is 1.23. The Morgan fingerprint density at radius 1 is 0.912 bits per heavy atom. The number of hydrogen-bond donors (Lipinski definition) is 0. The first kappa shape index (κ1) is 46.0. The number of nitrogens with zero attached hydrogens (tertiary/aromatic N) is 2. The van der Waals surface area contributed by atoms with Crippen LogP contribution in [0.4, 0.5) is 0 Å². The van der Waals surface area contributed by atoms with E-state index in [4.69, 9.17) is 20.0 Å².